The maximum Gasteiger partial charge on any atom is 0.378 e. The summed E-state index contributed by atoms with van der Waals surface area (Å²) in [5.41, 5.74) is 0. The Morgan fingerprint density at radius 1 is 1.67 bits per heavy atom. The Labute approximate surface area is 70.2 Å². The summed E-state index contributed by atoms with van der Waals surface area (Å²) in [5, 5.41) is 17.0. The summed E-state index contributed by atoms with van der Waals surface area (Å²) in [5.74, 6) is -2.81. The Morgan fingerprint density at radius 2 is 2.25 bits per heavy atom. The average molecular weight is 191 g/mol. The van der Waals surface area contributed by atoms with E-state index in [-0.39, 0.29) is 0 Å². The molecule has 0 aromatic heterocycles. The van der Waals surface area contributed by atoms with Crippen LogP contribution in [-0.2, 0) is 14.1 Å². The maximum absolute atomic E-state index is 10.5. The molecule has 0 heterocycles. The van der Waals surface area contributed by atoms with Gasteiger partial charge in [-0.05, 0) is 0 Å². The summed E-state index contributed by atoms with van der Waals surface area (Å²) in [4.78, 5) is 10.5. The standard InChI is InChI=1S/C6H7O5P/c1-2-5(9)11-6(12-10)4(8)3-7/h2-3,6-8H,1H2/p+1. The number of carbonyl (C=O) groups excluding carboxylic acids is 1. The first-order chi connectivity index (χ1) is 5.65. The Kier molecular flexibility index (Phi) is 4.72. The highest BCUT2D eigenvalue weighted by molar-refractivity contribution is 7.24. The predicted molar refractivity (Wildman–Crippen MR) is 42.4 cm³/mol. The number of carbonyl (C=O) groups is 1. The molecule has 0 radical (unpaired) electrons. The van der Waals surface area contributed by atoms with Crippen molar-refractivity contribution in [1.29, 1.82) is 0 Å². The van der Waals surface area contributed by atoms with Crippen LogP contribution in [0.1, 0.15) is 0 Å². The Bertz CT molecular complexity index is 222. The SMILES string of the molecule is C=CC(=O)OC([PH+]=O)C(O)=CO. The molecule has 0 aliphatic rings. The molecule has 66 valence electrons. The van der Waals surface area contributed by atoms with E-state index in [0.717, 1.165) is 6.08 Å². The number of hydrogen-bond acceptors (Lipinski definition) is 5. The fourth-order valence-electron chi connectivity index (χ4n) is 0.377. The second kappa shape index (κ2) is 5.32. The topological polar surface area (TPSA) is 83.8 Å². The summed E-state index contributed by atoms with van der Waals surface area (Å²) in [6, 6.07) is 0. The van der Waals surface area contributed by atoms with Gasteiger partial charge < -0.3 is 14.9 Å². The van der Waals surface area contributed by atoms with Crippen LogP contribution in [0, 0.1) is 0 Å². The van der Waals surface area contributed by atoms with Gasteiger partial charge in [-0.25, -0.2) is 4.79 Å². The molecule has 0 spiro atoms. The Balaban J connectivity index is 4.27. The van der Waals surface area contributed by atoms with Crippen LogP contribution in [0.5, 0.6) is 0 Å². The first kappa shape index (κ1) is 10.7. The van der Waals surface area contributed by atoms with Gasteiger partial charge in [0, 0.05) is 6.08 Å². The van der Waals surface area contributed by atoms with Crippen LogP contribution in [0.15, 0.2) is 24.7 Å². The van der Waals surface area contributed by atoms with Gasteiger partial charge in [-0.3, -0.25) is 0 Å². The van der Waals surface area contributed by atoms with E-state index >= 15 is 0 Å². The summed E-state index contributed by atoms with van der Waals surface area (Å²) < 4.78 is 14.7. The van der Waals surface area contributed by atoms with E-state index in [4.69, 9.17) is 10.2 Å². The van der Waals surface area contributed by atoms with E-state index in [1.165, 1.54) is 0 Å². The molecular weight excluding hydrogens is 183 g/mol. The fraction of sp³-hybridized carbons (Fsp3) is 0.167. The van der Waals surface area contributed by atoms with Crippen LogP contribution >= 0.6 is 8.46 Å². The van der Waals surface area contributed by atoms with Crippen LogP contribution in [0.2, 0.25) is 0 Å². The average Bonchev–Trinajstić information content (AvgIpc) is 2.12. The van der Waals surface area contributed by atoms with Crippen LogP contribution in [0.25, 0.3) is 0 Å². The van der Waals surface area contributed by atoms with Gasteiger partial charge in [-0.15, -0.1) is 0 Å². The van der Waals surface area contributed by atoms with E-state index < -0.39 is 26.0 Å². The van der Waals surface area contributed by atoms with Crippen LogP contribution < -0.4 is 0 Å². The van der Waals surface area contributed by atoms with Crippen LogP contribution in [-0.4, -0.2) is 22.0 Å². The largest absolute Gasteiger partial charge is 0.512 e. The molecule has 5 nitrogen and oxygen atoms in total. The van der Waals surface area contributed by atoms with E-state index in [0.29, 0.717) is 6.26 Å². The molecule has 0 saturated heterocycles. The number of esters is 1. The van der Waals surface area contributed by atoms with Gasteiger partial charge in [0.05, 0.1) is 0 Å². The van der Waals surface area contributed by atoms with Crippen LogP contribution in [0.4, 0.5) is 0 Å². The van der Waals surface area contributed by atoms with Gasteiger partial charge in [0.25, 0.3) is 0 Å². The van der Waals surface area contributed by atoms with Crippen molar-refractivity contribution in [3.63, 3.8) is 0 Å². The second-order valence-electron chi connectivity index (χ2n) is 1.69. The normalized spacial score (nSPS) is 13.8. The fourth-order valence-corrected chi connectivity index (χ4v) is 0.736. The smallest absolute Gasteiger partial charge is 0.378 e. The van der Waals surface area contributed by atoms with Crippen molar-refractivity contribution < 1.29 is 24.3 Å². The zero-order valence-electron chi connectivity index (χ0n) is 6.06. The molecule has 0 aliphatic carbocycles. The summed E-state index contributed by atoms with van der Waals surface area (Å²) in [7, 11) is -1.09. The number of rotatable bonds is 4. The third kappa shape index (κ3) is 3.16. The Morgan fingerprint density at radius 3 is 2.58 bits per heavy atom. The highest BCUT2D eigenvalue weighted by atomic mass is 31.1. The van der Waals surface area contributed by atoms with E-state index in [1.54, 1.807) is 0 Å². The number of ether oxygens (including phenoxy) is 1. The zero-order chi connectivity index (χ0) is 9.56. The molecule has 6 heteroatoms. The predicted octanol–water partition coefficient (Wildman–Crippen LogP) is 1.02. The lowest BCUT2D eigenvalue weighted by atomic mass is 10.5. The summed E-state index contributed by atoms with van der Waals surface area (Å²) >= 11 is 0. The van der Waals surface area contributed by atoms with Gasteiger partial charge in [0.1, 0.15) is 6.26 Å². The molecule has 0 saturated carbocycles. The minimum atomic E-state index is -1.32. The highest BCUT2D eigenvalue weighted by Gasteiger charge is 2.24. The lowest BCUT2D eigenvalue weighted by molar-refractivity contribution is -0.139. The highest BCUT2D eigenvalue weighted by Crippen LogP contribution is 2.15. The molecule has 2 atom stereocenters. The molecule has 12 heavy (non-hydrogen) atoms. The first-order valence-corrected chi connectivity index (χ1v) is 3.88. The van der Waals surface area contributed by atoms with Crippen molar-refractivity contribution in [3.8, 4) is 0 Å². The lowest BCUT2D eigenvalue weighted by Gasteiger charge is -2.01. The van der Waals surface area contributed by atoms with Crippen molar-refractivity contribution in [2.75, 3.05) is 0 Å². The van der Waals surface area contributed by atoms with Crippen molar-refractivity contribution >= 4 is 14.4 Å². The third-order valence-corrected chi connectivity index (χ3v) is 1.54. The van der Waals surface area contributed by atoms with Gasteiger partial charge in [-0.1, -0.05) is 11.1 Å². The number of aliphatic hydroxyl groups excluding tert-OH is 2. The minimum absolute atomic E-state index is 0.311. The number of aliphatic hydroxyl groups is 2. The van der Waals surface area contributed by atoms with Crippen molar-refractivity contribution in [1.82, 2.24) is 0 Å². The summed E-state index contributed by atoms with van der Waals surface area (Å²) in [6.45, 7) is 3.10. The minimum Gasteiger partial charge on any atom is -0.512 e. The molecule has 0 bridgehead atoms. The van der Waals surface area contributed by atoms with E-state index in [9.17, 15) is 9.36 Å². The van der Waals surface area contributed by atoms with Crippen molar-refractivity contribution in [2.45, 2.75) is 5.85 Å². The van der Waals surface area contributed by atoms with Crippen LogP contribution in [0.3, 0.4) is 0 Å². The van der Waals surface area contributed by atoms with E-state index in [2.05, 4.69) is 11.3 Å². The lowest BCUT2D eigenvalue weighted by Crippen LogP contribution is -2.12. The van der Waals surface area contributed by atoms with Crippen molar-refractivity contribution in [3.05, 3.63) is 24.7 Å². The second-order valence-corrected chi connectivity index (χ2v) is 2.45. The maximum atomic E-state index is 10.5. The quantitative estimate of drug-likeness (QED) is 0.300. The van der Waals surface area contributed by atoms with Crippen molar-refractivity contribution in [2.24, 2.45) is 0 Å². The molecular formula is C6H8O5P+. The number of hydrogen-bond donors (Lipinski definition) is 2. The summed E-state index contributed by atoms with van der Waals surface area (Å²) in [6.07, 6.45) is 1.17. The first-order valence-electron chi connectivity index (χ1n) is 2.89. The monoisotopic (exact) mass is 191 g/mol. The molecule has 0 rings (SSSR count). The molecule has 0 fully saturated rings. The molecule has 0 aliphatic heterocycles. The zero-order valence-corrected chi connectivity index (χ0v) is 7.06. The molecule has 0 aromatic carbocycles. The van der Waals surface area contributed by atoms with Gasteiger partial charge in [0.2, 0.25) is 5.76 Å². The Hall–Kier alpha value is -1.35. The van der Waals surface area contributed by atoms with Gasteiger partial charge in [0.15, 0.2) is 0 Å². The van der Waals surface area contributed by atoms with E-state index in [1.807, 2.05) is 0 Å². The van der Waals surface area contributed by atoms with Gasteiger partial charge in [-0.2, -0.15) is 0 Å². The molecule has 0 aromatic rings. The molecule has 0 amide bonds. The molecule has 2 N–H and O–H groups in total. The van der Waals surface area contributed by atoms with Gasteiger partial charge >= 0.3 is 20.3 Å². The third-order valence-electron chi connectivity index (χ3n) is 0.909. The molecule has 2 unspecified atom stereocenters.